The molecule has 1 spiro atoms. The number of aryl methyl sites for hydroxylation is 2. The van der Waals surface area contributed by atoms with Crippen LogP contribution < -0.4 is 16.0 Å². The van der Waals surface area contributed by atoms with Gasteiger partial charge in [-0.3, -0.25) is 57.5 Å². The Kier molecular flexibility index (Phi) is 28.0. The van der Waals surface area contributed by atoms with Gasteiger partial charge in [-0.05, 0) is 113 Å². The first-order chi connectivity index (χ1) is 47.3. The van der Waals surface area contributed by atoms with Gasteiger partial charge in [-0.1, -0.05) is 97.1 Å². The topological polar surface area (TPSA) is 270 Å². The first kappa shape index (κ1) is 81.7. The third-order valence-electron chi connectivity index (χ3n) is 21.0. The van der Waals surface area contributed by atoms with Gasteiger partial charge in [-0.25, -0.2) is 8.78 Å². The molecule has 1 unspecified atom stereocenters. The van der Waals surface area contributed by atoms with E-state index in [9.17, 15) is 41.9 Å². The van der Waals surface area contributed by atoms with Gasteiger partial charge in [0.15, 0.2) is 0 Å². The molecular formula is C72H105F5N12O12. The van der Waals surface area contributed by atoms with Crippen molar-refractivity contribution < 1.29 is 79.5 Å². The number of alkyl halides is 3. The Balaban J connectivity index is 1.47. The zero-order chi connectivity index (χ0) is 75.6. The van der Waals surface area contributed by atoms with Gasteiger partial charge < -0.3 is 60.0 Å². The van der Waals surface area contributed by atoms with Crippen molar-refractivity contribution in [2.45, 2.75) is 218 Å². The molecule has 3 saturated heterocycles. The van der Waals surface area contributed by atoms with Crippen LogP contribution in [0.1, 0.15) is 155 Å². The predicted octanol–water partition coefficient (Wildman–Crippen LogP) is 5.09. The number of halogens is 5. The van der Waals surface area contributed by atoms with Crippen molar-refractivity contribution >= 4 is 70.9 Å². The van der Waals surface area contributed by atoms with Crippen molar-refractivity contribution in [1.29, 1.82) is 0 Å². The monoisotopic (exact) mass is 1420 g/mol. The Morgan fingerprint density at radius 1 is 0.663 bits per heavy atom. The second-order valence-corrected chi connectivity index (χ2v) is 28.7. The van der Waals surface area contributed by atoms with Gasteiger partial charge in [0.25, 0.3) is 0 Å². The normalized spacial score (nSPS) is 25.8. The predicted molar refractivity (Wildman–Crippen MR) is 365 cm³/mol. The number of likely N-dealkylation sites (N-methyl/N-ethyl adjacent to an activating group) is 7. The average molecular weight is 1430 g/mol. The number of nitrogens with one attached hydrogen (secondary N) is 3. The van der Waals surface area contributed by atoms with Crippen LogP contribution in [0.5, 0.6) is 0 Å². The van der Waals surface area contributed by atoms with E-state index in [0.717, 1.165) is 15.4 Å². The van der Waals surface area contributed by atoms with E-state index in [-0.39, 0.29) is 76.1 Å². The molecule has 2 aromatic carbocycles. The van der Waals surface area contributed by atoms with Crippen molar-refractivity contribution in [2.75, 3.05) is 75.5 Å². The highest BCUT2D eigenvalue weighted by Gasteiger charge is 2.52. The van der Waals surface area contributed by atoms with Crippen LogP contribution >= 0.6 is 0 Å². The summed E-state index contributed by atoms with van der Waals surface area (Å²) in [6.45, 7) is 14.9. The number of benzene rings is 2. The van der Waals surface area contributed by atoms with Gasteiger partial charge in [0.05, 0.1) is 13.0 Å². The largest absolute Gasteiger partial charge is 0.422 e. The molecule has 4 fully saturated rings. The SMILES string of the molecule is CC[C@H](C)C1NC(=O)[C@H](CC(C)C)N(C)C(=O)C[C@@H](C(=O)N(C)C)N(C)C(=O)[C@H]([C@@H](C)CC)N(C)C(=O)C2(CCCC2)NC(=O)[C@@H]2CCCN2C(=O)[C@H](CCc2cc(F)c(C(F)(F)F)c(F)c2)NC(=O)CN(C)C(=O)[C@H](Cc2ccc(C)cc2)N(CC)C(=O)[C@@H]2CCN2C(=O)[C@H](C)N(C)C1=O. The van der Waals surface area contributed by atoms with Crippen molar-refractivity contribution in [3.8, 4) is 0 Å². The lowest BCUT2D eigenvalue weighted by atomic mass is 9.90. The van der Waals surface area contributed by atoms with Gasteiger partial charge in [0.2, 0.25) is 70.9 Å². The van der Waals surface area contributed by atoms with Gasteiger partial charge >= 0.3 is 6.18 Å². The van der Waals surface area contributed by atoms with E-state index in [4.69, 9.17) is 0 Å². The van der Waals surface area contributed by atoms with Crippen LogP contribution in [-0.4, -0.2) is 250 Å². The van der Waals surface area contributed by atoms with Gasteiger partial charge in [0, 0.05) is 75.4 Å². The van der Waals surface area contributed by atoms with Gasteiger partial charge in [0.1, 0.15) is 77.1 Å². The standard InChI is InChI=1S/C72H105F5N12O12/c1-17-43(7)59-68(99)83(13)45(9)63(94)89-34-30-52(89)67(98)87(19-3)55(38-46-26-24-42(6)25-27-46)66(97)82(12)40-56(90)78-50(29-28-47-36-48(73)58(49(74)37-47)72(75,76)77)64(95)88-33-22-23-51(88)62(93)80-71(31-20-21-32-71)70(101)86(16)60(44(8)18-2)69(100)85(15)54(65(96)81(10)11)39-57(91)84(14)53(35-41(4)5)61(92)79-59/h24-27,36-37,41,43-45,50-55,59-60H,17-23,28-35,38-40H2,1-16H3,(H,78,90)(H,79,92)(H,80,93)/t43-,44-,45-,50-,51-,52-,53-,54-,55-,59?,60-/m0/s1. The minimum atomic E-state index is -5.40. The Morgan fingerprint density at radius 3 is 1.79 bits per heavy atom. The number of carbonyl (C=O) groups is 12. The summed E-state index contributed by atoms with van der Waals surface area (Å²) in [5.41, 5.74) is -2.61. The third kappa shape index (κ3) is 18.9. The molecule has 12 amide bonds. The van der Waals surface area contributed by atoms with E-state index in [1.807, 2.05) is 27.7 Å². The maximum atomic E-state index is 15.4. The van der Waals surface area contributed by atoms with E-state index in [0.29, 0.717) is 43.4 Å². The van der Waals surface area contributed by atoms with Crippen LogP contribution in [0, 0.1) is 36.3 Å². The van der Waals surface area contributed by atoms with Crippen molar-refractivity contribution in [3.05, 3.63) is 70.3 Å². The summed E-state index contributed by atoms with van der Waals surface area (Å²) in [5, 5.41) is 8.46. The lowest BCUT2D eigenvalue weighted by Gasteiger charge is -2.45. The molecule has 3 aliphatic heterocycles. The Labute approximate surface area is 590 Å². The molecule has 3 N–H and O–H groups in total. The summed E-state index contributed by atoms with van der Waals surface area (Å²) in [5.74, 6) is -14.0. The molecule has 6 rings (SSSR count). The summed E-state index contributed by atoms with van der Waals surface area (Å²) in [4.78, 5) is 190. The average Bonchev–Trinajstić information content (AvgIpc) is 1.69. The molecule has 560 valence electrons. The molecule has 0 aromatic heterocycles. The molecule has 101 heavy (non-hydrogen) atoms. The molecule has 11 atom stereocenters. The van der Waals surface area contributed by atoms with Crippen LogP contribution in [0.25, 0.3) is 0 Å². The zero-order valence-corrected chi connectivity index (χ0v) is 61.4. The maximum Gasteiger partial charge on any atom is 0.422 e. The summed E-state index contributed by atoms with van der Waals surface area (Å²) >= 11 is 0. The number of rotatable bonds is 13. The molecule has 2 aromatic rings. The molecule has 0 bridgehead atoms. The first-order valence-corrected chi connectivity index (χ1v) is 35.2. The molecule has 24 nitrogen and oxygen atoms in total. The second kappa shape index (κ2) is 34.6. The molecule has 29 heteroatoms. The molecule has 0 radical (unpaired) electrons. The Morgan fingerprint density at radius 2 is 1.26 bits per heavy atom. The van der Waals surface area contributed by atoms with E-state index < -0.39 is 192 Å². The minimum absolute atomic E-state index is 0.0396. The second-order valence-electron chi connectivity index (χ2n) is 28.7. The van der Waals surface area contributed by atoms with Crippen molar-refractivity contribution in [1.82, 2.24) is 60.0 Å². The Bertz CT molecular complexity index is 3360. The number of carbonyl (C=O) groups excluding carboxylic acids is 12. The van der Waals surface area contributed by atoms with Gasteiger partial charge in [-0.15, -0.1) is 0 Å². The summed E-state index contributed by atoms with van der Waals surface area (Å²) in [6.07, 6.45) is -4.84. The van der Waals surface area contributed by atoms with E-state index in [2.05, 4.69) is 16.0 Å². The fraction of sp³-hybridized carbons (Fsp3) is 0.667. The van der Waals surface area contributed by atoms with Crippen LogP contribution in [0.4, 0.5) is 22.0 Å². The summed E-state index contributed by atoms with van der Waals surface area (Å²) < 4.78 is 71.4. The quantitative estimate of drug-likeness (QED) is 0.221. The lowest BCUT2D eigenvalue weighted by molar-refractivity contribution is -0.161. The zero-order valence-electron chi connectivity index (χ0n) is 61.4. The first-order valence-electron chi connectivity index (χ1n) is 35.2. The lowest BCUT2D eigenvalue weighted by Crippen LogP contribution is -2.65. The number of hydrogen-bond acceptors (Lipinski definition) is 12. The maximum absolute atomic E-state index is 15.4. The molecule has 1 saturated carbocycles. The van der Waals surface area contributed by atoms with Crippen molar-refractivity contribution in [2.24, 2.45) is 17.8 Å². The smallest absolute Gasteiger partial charge is 0.347 e. The Hall–Kier alpha value is -8.27. The van der Waals surface area contributed by atoms with Crippen LogP contribution in [0.15, 0.2) is 36.4 Å². The number of fused-ring (bicyclic) bond motifs is 2. The summed E-state index contributed by atoms with van der Waals surface area (Å²) in [7, 11) is 9.69. The fourth-order valence-corrected chi connectivity index (χ4v) is 14.1. The van der Waals surface area contributed by atoms with Crippen molar-refractivity contribution in [3.63, 3.8) is 0 Å². The number of nitrogens with zero attached hydrogens (tertiary/aromatic N) is 9. The fourth-order valence-electron chi connectivity index (χ4n) is 14.1. The molecule has 3 heterocycles. The number of hydrogen-bond donors (Lipinski definition) is 3. The highest BCUT2D eigenvalue weighted by atomic mass is 19.4. The van der Waals surface area contributed by atoms with E-state index in [1.165, 1.54) is 90.6 Å². The molecular weight excluding hydrogens is 1320 g/mol. The van der Waals surface area contributed by atoms with Crippen LogP contribution in [0.3, 0.4) is 0 Å². The van der Waals surface area contributed by atoms with Crippen LogP contribution in [-0.2, 0) is 76.6 Å². The number of amides is 12. The summed E-state index contributed by atoms with van der Waals surface area (Å²) in [6, 6.07) is -3.86. The third-order valence-corrected chi connectivity index (χ3v) is 21.0. The highest BCUT2D eigenvalue weighted by molar-refractivity contribution is 6.01. The van der Waals surface area contributed by atoms with E-state index >= 15 is 37.5 Å². The molecule has 1 aliphatic carbocycles. The van der Waals surface area contributed by atoms with Crippen LogP contribution in [0.2, 0.25) is 0 Å². The van der Waals surface area contributed by atoms with E-state index in [1.54, 1.807) is 52.0 Å². The molecule has 4 aliphatic rings. The van der Waals surface area contributed by atoms with Gasteiger partial charge in [-0.2, -0.15) is 13.2 Å². The minimum Gasteiger partial charge on any atom is -0.347 e. The highest BCUT2D eigenvalue weighted by Crippen LogP contribution is 2.37.